The van der Waals surface area contributed by atoms with Gasteiger partial charge < -0.3 is 0 Å². The van der Waals surface area contributed by atoms with E-state index in [2.05, 4.69) is 188 Å². The molecule has 0 aliphatic carbocycles. The summed E-state index contributed by atoms with van der Waals surface area (Å²) in [6, 6.07) is 58.7. The van der Waals surface area contributed by atoms with E-state index in [4.69, 9.17) is 0 Å². The normalized spacial score (nSPS) is 12.4. The maximum Gasteiger partial charge on any atom is 0.211 e. The maximum atomic E-state index is 2.40. The molecule has 0 fully saturated rings. The van der Waals surface area contributed by atoms with Crippen molar-refractivity contribution in [3.05, 3.63) is 186 Å². The lowest BCUT2D eigenvalue weighted by Crippen LogP contribution is -2.74. The number of para-hydroxylation sites is 1. The van der Waals surface area contributed by atoms with Crippen molar-refractivity contribution in [1.29, 1.82) is 0 Å². The highest BCUT2D eigenvalue weighted by atomic mass is 15.0. The van der Waals surface area contributed by atoms with E-state index in [0.717, 1.165) is 13.0 Å². The number of nitrogens with zero attached hydrogens (tertiary/aromatic N) is 1. The van der Waals surface area contributed by atoms with E-state index in [1.807, 2.05) is 0 Å². The second-order valence-electron chi connectivity index (χ2n) is 11.5. The monoisotopic (exact) mass is 555 g/mol. The Morgan fingerprint density at radius 1 is 0.442 bits per heavy atom. The van der Waals surface area contributed by atoms with E-state index >= 15 is 0 Å². The number of benzene rings is 6. The summed E-state index contributed by atoms with van der Waals surface area (Å²) in [5.74, 6) is 0. The molecule has 0 radical (unpaired) electrons. The molecule has 6 aromatic carbocycles. The fourth-order valence-electron chi connectivity index (χ4n) is 6.92. The molecule has 0 saturated carbocycles. The minimum Gasteiger partial charge on any atom is -0.197 e. The highest BCUT2D eigenvalue weighted by molar-refractivity contribution is 7.19. The molecule has 43 heavy (non-hydrogen) atoms. The molecule has 0 amide bonds. The summed E-state index contributed by atoms with van der Waals surface area (Å²) < 4.78 is 2.40. The van der Waals surface area contributed by atoms with Crippen molar-refractivity contribution >= 4 is 39.9 Å². The second kappa shape index (κ2) is 12.9. The van der Waals surface area contributed by atoms with Crippen LogP contribution >= 0.6 is 0 Å². The minimum atomic E-state index is -1.22. The molecule has 210 valence electrons. The fourth-order valence-corrected chi connectivity index (χ4v) is 6.92. The van der Waals surface area contributed by atoms with Crippen LogP contribution in [0.1, 0.15) is 22.3 Å². The van der Waals surface area contributed by atoms with Gasteiger partial charge in [-0.15, -0.1) is 0 Å². The highest BCUT2D eigenvalue weighted by Crippen LogP contribution is 2.25. The van der Waals surface area contributed by atoms with E-state index in [-0.39, 0.29) is 0 Å². The Morgan fingerprint density at radius 2 is 0.837 bits per heavy atom. The first-order chi connectivity index (χ1) is 21.2. The molecule has 1 nitrogen and oxygen atoms in total. The van der Waals surface area contributed by atoms with Crippen LogP contribution in [0.2, 0.25) is 0 Å². The number of rotatable bonds is 5. The molecule has 1 aliphatic heterocycles. The van der Waals surface area contributed by atoms with Crippen molar-refractivity contribution in [2.45, 2.75) is 20.3 Å². The third-order valence-electron chi connectivity index (χ3n) is 8.90. The van der Waals surface area contributed by atoms with Crippen LogP contribution in [-0.4, -0.2) is 23.5 Å². The van der Waals surface area contributed by atoms with Gasteiger partial charge in [0.15, 0.2) is 12.8 Å². The SMILES string of the molecule is Cc1cccc(C)c1[N+]1=Cc2ccccc2CC1.c1ccc([B-](c2ccccc2)(c2ccccc2)c2ccccc2)cc1. The summed E-state index contributed by atoms with van der Waals surface area (Å²) in [6.45, 7) is 5.45. The molecule has 0 N–H and O–H groups in total. The Hall–Kier alpha value is -4.95. The lowest BCUT2D eigenvalue weighted by Gasteiger charge is -2.44. The van der Waals surface area contributed by atoms with E-state index in [0.29, 0.717) is 0 Å². The molecule has 1 aliphatic rings. The molecule has 6 aromatic rings. The predicted octanol–water partition coefficient (Wildman–Crippen LogP) is 6.69. The van der Waals surface area contributed by atoms with Gasteiger partial charge in [0.25, 0.3) is 0 Å². The molecule has 0 saturated heterocycles. The van der Waals surface area contributed by atoms with Gasteiger partial charge in [-0.05, 0) is 25.5 Å². The molecule has 2 heteroatoms. The first-order valence-electron chi connectivity index (χ1n) is 15.3. The van der Waals surface area contributed by atoms with Crippen LogP contribution < -0.4 is 21.9 Å². The summed E-state index contributed by atoms with van der Waals surface area (Å²) in [5, 5.41) is 0. The van der Waals surface area contributed by atoms with Crippen molar-refractivity contribution in [2.24, 2.45) is 0 Å². The summed E-state index contributed by atoms with van der Waals surface area (Å²) in [4.78, 5) is 0. The molecule has 0 atom stereocenters. The predicted molar refractivity (Wildman–Crippen MR) is 186 cm³/mol. The largest absolute Gasteiger partial charge is 0.211 e. The van der Waals surface area contributed by atoms with Crippen LogP contribution in [0.25, 0.3) is 0 Å². The van der Waals surface area contributed by atoms with Crippen molar-refractivity contribution in [1.82, 2.24) is 0 Å². The lowest BCUT2D eigenvalue weighted by molar-refractivity contribution is -0.437. The molecule has 0 unspecified atom stereocenters. The lowest BCUT2D eigenvalue weighted by atomic mass is 9.13. The Morgan fingerprint density at radius 3 is 1.28 bits per heavy atom. The first-order valence-corrected chi connectivity index (χ1v) is 15.3. The van der Waals surface area contributed by atoms with Gasteiger partial charge in [-0.2, -0.15) is 26.4 Å². The third kappa shape index (κ3) is 5.74. The van der Waals surface area contributed by atoms with Gasteiger partial charge in [0, 0.05) is 23.1 Å². The minimum absolute atomic E-state index is 1.07. The van der Waals surface area contributed by atoms with E-state index in [9.17, 15) is 0 Å². The standard InChI is InChI=1S/C24H20B.C17H18N/c1-5-13-21(14-6-1)25(22-15-7-2-8-16-22,23-17-9-3-10-18-23)24-19-11-4-12-20-24;1-13-6-5-7-14(2)17(13)18-11-10-15-8-3-4-9-16(15)12-18/h1-20H;3-9,12H,10-11H2,1-2H3/q-1;+1. The fraction of sp³-hybridized carbons (Fsp3) is 0.0976. The molecule has 0 bridgehead atoms. The van der Waals surface area contributed by atoms with E-state index < -0.39 is 6.15 Å². The molecule has 0 aromatic heterocycles. The van der Waals surface area contributed by atoms with Crippen LogP contribution in [-0.2, 0) is 6.42 Å². The molecular formula is C41H38BN. The van der Waals surface area contributed by atoms with E-state index in [1.165, 1.54) is 49.8 Å². The summed E-state index contributed by atoms with van der Waals surface area (Å²) in [6.07, 6.45) is 2.20. The zero-order chi connectivity index (χ0) is 29.5. The van der Waals surface area contributed by atoms with Crippen molar-refractivity contribution < 1.29 is 4.58 Å². The van der Waals surface area contributed by atoms with Gasteiger partial charge >= 0.3 is 0 Å². The van der Waals surface area contributed by atoms with Crippen molar-refractivity contribution in [2.75, 3.05) is 6.54 Å². The smallest absolute Gasteiger partial charge is 0.197 e. The van der Waals surface area contributed by atoms with Crippen LogP contribution in [0.4, 0.5) is 5.69 Å². The van der Waals surface area contributed by atoms with Crippen LogP contribution in [0.5, 0.6) is 0 Å². The zero-order valence-corrected chi connectivity index (χ0v) is 25.1. The molecule has 1 heterocycles. The Kier molecular flexibility index (Phi) is 8.47. The van der Waals surface area contributed by atoms with Gasteiger partial charge in [0.05, 0.1) is 0 Å². The third-order valence-corrected chi connectivity index (χ3v) is 8.90. The Labute approximate surface area is 256 Å². The molecule has 0 spiro atoms. The molecular weight excluding hydrogens is 517 g/mol. The number of hydrogen-bond donors (Lipinski definition) is 0. The van der Waals surface area contributed by atoms with Crippen molar-refractivity contribution in [3.63, 3.8) is 0 Å². The maximum absolute atomic E-state index is 2.40. The van der Waals surface area contributed by atoms with Gasteiger partial charge in [-0.1, -0.05) is 158 Å². The second-order valence-corrected chi connectivity index (χ2v) is 11.5. The summed E-state index contributed by atoms with van der Waals surface area (Å²) in [7, 11) is 0. The average molecular weight is 556 g/mol. The van der Waals surface area contributed by atoms with Crippen LogP contribution in [0.3, 0.4) is 0 Å². The summed E-state index contributed by atoms with van der Waals surface area (Å²) in [5.41, 5.74) is 12.2. The van der Waals surface area contributed by atoms with Crippen molar-refractivity contribution in [3.8, 4) is 0 Å². The Balaban J connectivity index is 0.000000162. The highest BCUT2D eigenvalue weighted by Gasteiger charge is 2.31. The van der Waals surface area contributed by atoms with Gasteiger partial charge in [-0.3, -0.25) is 0 Å². The Bertz CT molecular complexity index is 1630. The van der Waals surface area contributed by atoms with Gasteiger partial charge in [0.2, 0.25) is 5.69 Å². The van der Waals surface area contributed by atoms with Crippen LogP contribution in [0.15, 0.2) is 164 Å². The summed E-state index contributed by atoms with van der Waals surface area (Å²) >= 11 is 0. The number of hydrogen-bond acceptors (Lipinski definition) is 0. The quantitative estimate of drug-likeness (QED) is 0.165. The molecule has 7 rings (SSSR count). The van der Waals surface area contributed by atoms with Gasteiger partial charge in [0.1, 0.15) is 6.15 Å². The van der Waals surface area contributed by atoms with E-state index in [1.54, 1.807) is 0 Å². The first kappa shape index (κ1) is 28.2. The van der Waals surface area contributed by atoms with Crippen LogP contribution in [0, 0.1) is 13.8 Å². The number of fused-ring (bicyclic) bond motifs is 1. The van der Waals surface area contributed by atoms with Gasteiger partial charge in [-0.25, -0.2) is 0 Å². The average Bonchev–Trinajstić information content (AvgIpc) is 3.07. The number of aryl methyl sites for hydroxylation is 2. The topological polar surface area (TPSA) is 3.01 Å². The zero-order valence-electron chi connectivity index (χ0n) is 25.1.